The van der Waals surface area contributed by atoms with Crippen molar-refractivity contribution in [2.75, 3.05) is 19.8 Å². The van der Waals surface area contributed by atoms with Gasteiger partial charge in [-0.1, -0.05) is 23.7 Å². The maximum Gasteiger partial charge on any atom is 0.306 e. The summed E-state index contributed by atoms with van der Waals surface area (Å²) in [6.07, 6.45) is 0.682. The summed E-state index contributed by atoms with van der Waals surface area (Å²) in [5.41, 5.74) is 0.927. The summed E-state index contributed by atoms with van der Waals surface area (Å²) in [7, 11) is 0. The lowest BCUT2D eigenvalue weighted by Gasteiger charge is -2.08. The third-order valence-corrected chi connectivity index (χ3v) is 5.10. The molecule has 3 aromatic rings. The van der Waals surface area contributed by atoms with Crippen molar-refractivity contribution < 1.29 is 19.1 Å². The molecule has 0 aliphatic heterocycles. The monoisotopic (exact) mass is 418 g/mol. The van der Waals surface area contributed by atoms with Crippen molar-refractivity contribution in [2.24, 2.45) is 0 Å². The van der Waals surface area contributed by atoms with E-state index in [4.69, 9.17) is 21.1 Å². The van der Waals surface area contributed by atoms with Crippen LogP contribution in [0.2, 0.25) is 5.02 Å². The molecule has 2 aromatic carbocycles. The molecule has 1 amide bonds. The summed E-state index contributed by atoms with van der Waals surface area (Å²) in [4.78, 5) is 28.0. The standard InChI is InChI=1S/C20H19ClN2O4S/c21-14-5-7-15(8-6-14)26-12-11-22-18(24)13-27-20(25)10-9-19-23-16-3-1-2-4-17(16)28-19/h1-8H,9-13H2,(H,22,24). The van der Waals surface area contributed by atoms with Crippen molar-refractivity contribution >= 4 is 45.0 Å². The van der Waals surface area contributed by atoms with E-state index in [1.807, 2.05) is 24.3 Å². The molecule has 0 aliphatic carbocycles. The van der Waals surface area contributed by atoms with Crippen molar-refractivity contribution in [3.05, 3.63) is 58.6 Å². The molecule has 1 heterocycles. The van der Waals surface area contributed by atoms with Crippen LogP contribution in [-0.4, -0.2) is 36.6 Å². The number of benzene rings is 2. The minimum absolute atomic E-state index is 0.187. The topological polar surface area (TPSA) is 77.5 Å². The largest absolute Gasteiger partial charge is 0.492 e. The first kappa shape index (κ1) is 20.1. The average Bonchev–Trinajstić information content (AvgIpc) is 3.12. The molecule has 0 saturated heterocycles. The number of amides is 1. The minimum Gasteiger partial charge on any atom is -0.492 e. The van der Waals surface area contributed by atoms with Gasteiger partial charge in [-0.05, 0) is 36.4 Å². The average molecular weight is 419 g/mol. The number of hydrogen-bond donors (Lipinski definition) is 1. The van der Waals surface area contributed by atoms with Gasteiger partial charge in [-0.25, -0.2) is 4.98 Å². The van der Waals surface area contributed by atoms with Gasteiger partial charge in [0.25, 0.3) is 5.91 Å². The van der Waals surface area contributed by atoms with E-state index in [2.05, 4.69) is 10.3 Å². The molecule has 0 aliphatic rings. The predicted molar refractivity (Wildman–Crippen MR) is 109 cm³/mol. The molecular weight excluding hydrogens is 400 g/mol. The fourth-order valence-corrected chi connectivity index (χ4v) is 3.49. The first-order chi connectivity index (χ1) is 13.6. The van der Waals surface area contributed by atoms with Crippen LogP contribution in [0.25, 0.3) is 10.2 Å². The number of para-hydroxylation sites is 1. The van der Waals surface area contributed by atoms with E-state index >= 15 is 0 Å². The Labute approximate surface area is 171 Å². The van der Waals surface area contributed by atoms with Crippen molar-refractivity contribution in [1.82, 2.24) is 10.3 Å². The Morgan fingerprint density at radius 1 is 1.11 bits per heavy atom. The van der Waals surface area contributed by atoms with Crippen LogP contribution < -0.4 is 10.1 Å². The molecular formula is C20H19ClN2O4S. The first-order valence-electron chi connectivity index (χ1n) is 8.75. The number of fused-ring (bicyclic) bond motifs is 1. The number of rotatable bonds is 9. The highest BCUT2D eigenvalue weighted by atomic mass is 35.5. The minimum atomic E-state index is -0.424. The molecule has 1 N–H and O–H groups in total. The van der Waals surface area contributed by atoms with Gasteiger partial charge in [0.05, 0.1) is 28.2 Å². The number of hydrogen-bond acceptors (Lipinski definition) is 6. The van der Waals surface area contributed by atoms with Crippen LogP contribution in [0.4, 0.5) is 0 Å². The lowest BCUT2D eigenvalue weighted by Crippen LogP contribution is -2.32. The number of carbonyl (C=O) groups excluding carboxylic acids is 2. The van der Waals surface area contributed by atoms with Gasteiger partial charge < -0.3 is 14.8 Å². The molecule has 0 spiro atoms. The molecule has 0 atom stereocenters. The van der Waals surface area contributed by atoms with Crippen LogP contribution in [0, 0.1) is 0 Å². The van der Waals surface area contributed by atoms with Crippen LogP contribution in [0.15, 0.2) is 48.5 Å². The molecule has 8 heteroatoms. The number of nitrogens with zero attached hydrogens (tertiary/aromatic N) is 1. The number of esters is 1. The van der Waals surface area contributed by atoms with Crippen LogP contribution in [0.5, 0.6) is 5.75 Å². The molecule has 3 rings (SSSR count). The normalized spacial score (nSPS) is 10.6. The van der Waals surface area contributed by atoms with Gasteiger partial charge in [-0.2, -0.15) is 0 Å². The van der Waals surface area contributed by atoms with Crippen molar-refractivity contribution in [2.45, 2.75) is 12.8 Å². The van der Waals surface area contributed by atoms with E-state index in [-0.39, 0.29) is 18.9 Å². The lowest BCUT2D eigenvalue weighted by atomic mass is 10.3. The lowest BCUT2D eigenvalue weighted by molar-refractivity contribution is -0.148. The Hall–Kier alpha value is -2.64. The molecule has 28 heavy (non-hydrogen) atoms. The van der Waals surface area contributed by atoms with Crippen molar-refractivity contribution in [1.29, 1.82) is 0 Å². The van der Waals surface area contributed by atoms with Crippen molar-refractivity contribution in [3.63, 3.8) is 0 Å². The fraction of sp³-hybridized carbons (Fsp3) is 0.250. The number of carbonyl (C=O) groups is 2. The van der Waals surface area contributed by atoms with Gasteiger partial charge in [-0.3, -0.25) is 9.59 Å². The van der Waals surface area contributed by atoms with E-state index < -0.39 is 5.97 Å². The van der Waals surface area contributed by atoms with Gasteiger partial charge in [-0.15, -0.1) is 11.3 Å². The Morgan fingerprint density at radius 2 is 1.89 bits per heavy atom. The maximum atomic E-state index is 11.8. The SMILES string of the molecule is O=C(COC(=O)CCc1nc2ccccc2s1)NCCOc1ccc(Cl)cc1. The van der Waals surface area contributed by atoms with Crippen LogP contribution in [0.1, 0.15) is 11.4 Å². The van der Waals surface area contributed by atoms with Gasteiger partial charge in [0.2, 0.25) is 0 Å². The summed E-state index contributed by atoms with van der Waals surface area (Å²) in [5, 5.41) is 4.14. The highest BCUT2D eigenvalue weighted by Gasteiger charge is 2.10. The van der Waals surface area contributed by atoms with Crippen LogP contribution in [0.3, 0.4) is 0 Å². The number of nitrogens with one attached hydrogen (secondary N) is 1. The third kappa shape index (κ3) is 6.21. The van der Waals surface area contributed by atoms with Gasteiger partial charge in [0.1, 0.15) is 12.4 Å². The Morgan fingerprint density at radius 3 is 2.68 bits per heavy atom. The van der Waals surface area contributed by atoms with E-state index in [0.717, 1.165) is 15.2 Å². The fourth-order valence-electron chi connectivity index (χ4n) is 2.40. The Balaban J connectivity index is 1.29. The molecule has 0 fully saturated rings. The number of halogens is 1. The third-order valence-electron chi connectivity index (χ3n) is 3.75. The summed E-state index contributed by atoms with van der Waals surface area (Å²) in [6, 6.07) is 14.8. The summed E-state index contributed by atoms with van der Waals surface area (Å²) in [5.74, 6) is -0.125. The quantitative estimate of drug-likeness (QED) is 0.424. The van der Waals surface area contributed by atoms with Crippen LogP contribution in [-0.2, 0) is 20.7 Å². The molecule has 146 valence electrons. The highest BCUT2D eigenvalue weighted by Crippen LogP contribution is 2.22. The van der Waals surface area contributed by atoms with Gasteiger partial charge >= 0.3 is 5.97 Å². The van der Waals surface area contributed by atoms with Gasteiger partial charge in [0, 0.05) is 11.4 Å². The number of thiazole rings is 1. The molecule has 1 aromatic heterocycles. The second-order valence-electron chi connectivity index (χ2n) is 5.89. The summed E-state index contributed by atoms with van der Waals surface area (Å²) < 4.78 is 11.6. The zero-order chi connectivity index (χ0) is 19.8. The Kier molecular flexibility index (Phi) is 7.22. The zero-order valence-electron chi connectivity index (χ0n) is 15.0. The smallest absolute Gasteiger partial charge is 0.306 e. The highest BCUT2D eigenvalue weighted by molar-refractivity contribution is 7.18. The second kappa shape index (κ2) is 10.1. The van der Waals surface area contributed by atoms with Crippen molar-refractivity contribution in [3.8, 4) is 5.75 Å². The molecule has 0 unspecified atom stereocenters. The molecule has 6 nitrogen and oxygen atoms in total. The second-order valence-corrected chi connectivity index (χ2v) is 7.44. The molecule has 0 radical (unpaired) electrons. The van der Waals surface area contributed by atoms with E-state index in [9.17, 15) is 9.59 Å². The molecule has 0 bridgehead atoms. The van der Waals surface area contributed by atoms with E-state index in [1.54, 1.807) is 35.6 Å². The number of aryl methyl sites for hydroxylation is 1. The van der Waals surface area contributed by atoms with E-state index in [0.29, 0.717) is 30.3 Å². The maximum absolute atomic E-state index is 11.8. The summed E-state index contributed by atoms with van der Waals surface area (Å²) >= 11 is 7.35. The first-order valence-corrected chi connectivity index (χ1v) is 9.95. The molecule has 0 saturated carbocycles. The Bertz CT molecular complexity index is 910. The van der Waals surface area contributed by atoms with E-state index in [1.165, 1.54) is 0 Å². The number of aromatic nitrogens is 1. The summed E-state index contributed by atoms with van der Waals surface area (Å²) in [6.45, 7) is 0.309. The van der Waals surface area contributed by atoms with Crippen LogP contribution >= 0.6 is 22.9 Å². The zero-order valence-corrected chi connectivity index (χ0v) is 16.6. The predicted octanol–water partition coefficient (Wildman–Crippen LogP) is 3.62. The van der Waals surface area contributed by atoms with Gasteiger partial charge in [0.15, 0.2) is 6.61 Å². The number of ether oxygens (including phenoxy) is 2.